The number of nitrogens with zero attached hydrogens (tertiary/aromatic N) is 4. The molecule has 0 aliphatic carbocycles. The van der Waals surface area contributed by atoms with Crippen LogP contribution in [0.2, 0.25) is 0 Å². The summed E-state index contributed by atoms with van der Waals surface area (Å²) in [5.41, 5.74) is 1.30. The first-order valence-corrected chi connectivity index (χ1v) is 14.0. The second kappa shape index (κ2) is 9.98. The molecule has 2 aromatic carbocycles. The number of para-hydroxylation sites is 1. The molecule has 0 saturated carbocycles. The van der Waals surface area contributed by atoms with Gasteiger partial charge in [0.05, 0.1) is 23.0 Å². The van der Waals surface area contributed by atoms with Gasteiger partial charge in [0.25, 0.3) is 10.0 Å². The van der Waals surface area contributed by atoms with Crippen LogP contribution in [0.25, 0.3) is 33.3 Å². The zero-order valence-electron chi connectivity index (χ0n) is 22.4. The summed E-state index contributed by atoms with van der Waals surface area (Å²) in [6.45, 7) is 7.63. The minimum absolute atomic E-state index is 0.0293. The summed E-state index contributed by atoms with van der Waals surface area (Å²) < 4.78 is 42.7. The monoisotopic (exact) mass is 561 g/mol. The molecule has 11 heteroatoms. The molecule has 206 valence electrons. The topological polar surface area (TPSA) is 127 Å². The third-order valence-electron chi connectivity index (χ3n) is 6.74. The summed E-state index contributed by atoms with van der Waals surface area (Å²) >= 11 is 0. The summed E-state index contributed by atoms with van der Waals surface area (Å²) in [5, 5.41) is 13.7. The zero-order chi connectivity index (χ0) is 28.8. The number of carboxylic acid groups (broad SMARTS) is 1. The quantitative estimate of drug-likeness (QED) is 0.262. The van der Waals surface area contributed by atoms with Crippen molar-refractivity contribution >= 4 is 43.7 Å². The second-order valence-electron chi connectivity index (χ2n) is 10.8. The number of anilines is 1. The fourth-order valence-corrected chi connectivity index (χ4v) is 5.78. The molecule has 5 rings (SSSR count). The van der Waals surface area contributed by atoms with Gasteiger partial charge in [0.15, 0.2) is 11.5 Å². The van der Waals surface area contributed by atoms with E-state index in [9.17, 15) is 22.7 Å². The molecule has 1 unspecified atom stereocenters. The van der Waals surface area contributed by atoms with E-state index in [1.807, 2.05) is 39.8 Å². The Kier molecular flexibility index (Phi) is 6.79. The summed E-state index contributed by atoms with van der Waals surface area (Å²) in [6.07, 6.45) is 2.15. The highest BCUT2D eigenvalue weighted by Gasteiger charge is 2.29. The molecule has 1 atom stereocenters. The lowest BCUT2D eigenvalue weighted by Gasteiger charge is -2.31. The molecule has 0 spiro atoms. The summed E-state index contributed by atoms with van der Waals surface area (Å²) in [5.74, 6) is -1.09. The lowest BCUT2D eigenvalue weighted by molar-refractivity contribution is -0.137. The SMILES string of the molecule is Cc1ccc(S(=O)(=O)n2cc(-c3nc(NC(CC(=O)O)C(C)(C)C)c4ccccc4n3)c3cc(F)cnc32)cc1. The molecule has 3 heterocycles. The van der Waals surface area contributed by atoms with E-state index in [4.69, 9.17) is 4.98 Å². The average Bonchev–Trinajstić information content (AvgIpc) is 3.27. The number of carbonyl (C=O) groups is 1. The number of pyridine rings is 1. The van der Waals surface area contributed by atoms with Crippen LogP contribution in [0.4, 0.5) is 10.2 Å². The van der Waals surface area contributed by atoms with E-state index in [1.54, 1.807) is 24.3 Å². The summed E-state index contributed by atoms with van der Waals surface area (Å²) in [7, 11) is -4.09. The Morgan fingerprint density at radius 3 is 2.45 bits per heavy atom. The normalized spacial score (nSPS) is 13.0. The van der Waals surface area contributed by atoms with E-state index in [-0.39, 0.29) is 33.7 Å². The number of aryl methyl sites for hydroxylation is 1. The van der Waals surface area contributed by atoms with E-state index in [1.165, 1.54) is 24.4 Å². The first-order valence-electron chi connectivity index (χ1n) is 12.6. The lowest BCUT2D eigenvalue weighted by Crippen LogP contribution is -2.36. The third-order valence-corrected chi connectivity index (χ3v) is 8.40. The predicted molar refractivity (Wildman–Crippen MR) is 151 cm³/mol. The Balaban J connectivity index is 1.73. The number of aliphatic carboxylic acids is 1. The number of carboxylic acids is 1. The number of rotatable bonds is 7. The van der Waals surface area contributed by atoms with Gasteiger partial charge >= 0.3 is 5.97 Å². The number of nitrogens with one attached hydrogen (secondary N) is 1. The molecule has 0 amide bonds. The van der Waals surface area contributed by atoms with Crippen molar-refractivity contribution in [1.82, 2.24) is 18.9 Å². The van der Waals surface area contributed by atoms with Crippen LogP contribution >= 0.6 is 0 Å². The number of fused-ring (bicyclic) bond motifs is 2. The van der Waals surface area contributed by atoms with E-state index in [0.717, 1.165) is 15.7 Å². The highest BCUT2D eigenvalue weighted by molar-refractivity contribution is 7.90. The van der Waals surface area contributed by atoms with Gasteiger partial charge in [-0.2, -0.15) is 0 Å². The lowest BCUT2D eigenvalue weighted by atomic mass is 9.84. The molecule has 0 fully saturated rings. The molecule has 3 aromatic heterocycles. The number of hydrogen-bond acceptors (Lipinski definition) is 7. The molecule has 40 heavy (non-hydrogen) atoms. The maximum absolute atomic E-state index is 14.4. The molecule has 0 aliphatic rings. The Hall–Kier alpha value is -4.38. The van der Waals surface area contributed by atoms with Crippen LogP contribution in [0.3, 0.4) is 0 Å². The number of hydrogen-bond donors (Lipinski definition) is 2. The van der Waals surface area contributed by atoms with Gasteiger partial charge in [0.1, 0.15) is 11.6 Å². The average molecular weight is 562 g/mol. The van der Waals surface area contributed by atoms with E-state index >= 15 is 0 Å². The summed E-state index contributed by atoms with van der Waals surface area (Å²) in [4.78, 5) is 25.2. The van der Waals surface area contributed by atoms with Crippen molar-refractivity contribution in [3.05, 3.63) is 78.4 Å². The smallest absolute Gasteiger partial charge is 0.305 e. The first kappa shape index (κ1) is 27.2. The van der Waals surface area contributed by atoms with Crippen molar-refractivity contribution in [2.24, 2.45) is 5.41 Å². The number of halogens is 1. The second-order valence-corrected chi connectivity index (χ2v) is 12.6. The van der Waals surface area contributed by atoms with Crippen LogP contribution in [-0.2, 0) is 14.8 Å². The first-order chi connectivity index (χ1) is 18.8. The van der Waals surface area contributed by atoms with Gasteiger partial charge in [-0.25, -0.2) is 31.7 Å². The van der Waals surface area contributed by atoms with Crippen LogP contribution in [0.5, 0.6) is 0 Å². The van der Waals surface area contributed by atoms with E-state index < -0.39 is 33.3 Å². The van der Waals surface area contributed by atoms with Crippen molar-refractivity contribution in [2.75, 3.05) is 5.32 Å². The summed E-state index contributed by atoms with van der Waals surface area (Å²) in [6, 6.07) is 14.3. The molecule has 0 radical (unpaired) electrons. The van der Waals surface area contributed by atoms with Crippen molar-refractivity contribution in [3.8, 4) is 11.4 Å². The van der Waals surface area contributed by atoms with Crippen LogP contribution in [0.15, 0.2) is 71.9 Å². The van der Waals surface area contributed by atoms with Gasteiger partial charge in [-0.3, -0.25) is 4.79 Å². The van der Waals surface area contributed by atoms with E-state index in [0.29, 0.717) is 16.7 Å². The standard InChI is InChI=1S/C29H28FN5O4S/c1-17-9-11-19(12-10-17)40(38,39)35-16-22(21-13-18(30)15-31-28(21)35)27-32-23-8-6-5-7-20(23)26(34-27)33-24(14-25(36)37)29(2,3)4/h5-13,15-16,24H,14H2,1-4H3,(H,36,37)(H,32,33,34). The van der Waals surface area contributed by atoms with Crippen molar-refractivity contribution < 1.29 is 22.7 Å². The highest BCUT2D eigenvalue weighted by atomic mass is 32.2. The molecule has 0 saturated heterocycles. The molecular weight excluding hydrogens is 533 g/mol. The predicted octanol–water partition coefficient (Wildman–Crippen LogP) is 5.63. The van der Waals surface area contributed by atoms with Gasteiger partial charge in [-0.15, -0.1) is 0 Å². The largest absolute Gasteiger partial charge is 0.481 e. The Morgan fingerprint density at radius 1 is 1.07 bits per heavy atom. The van der Waals surface area contributed by atoms with Gasteiger partial charge in [-0.1, -0.05) is 50.6 Å². The van der Waals surface area contributed by atoms with Crippen molar-refractivity contribution in [1.29, 1.82) is 0 Å². The fraction of sp³-hybridized carbons (Fsp3) is 0.241. The fourth-order valence-electron chi connectivity index (χ4n) is 4.46. The minimum Gasteiger partial charge on any atom is -0.481 e. The molecule has 2 N–H and O–H groups in total. The maximum Gasteiger partial charge on any atom is 0.305 e. The molecular formula is C29H28FN5O4S. The van der Waals surface area contributed by atoms with Gasteiger partial charge in [-0.05, 0) is 42.7 Å². The van der Waals surface area contributed by atoms with Crippen molar-refractivity contribution in [2.45, 2.75) is 45.1 Å². The van der Waals surface area contributed by atoms with Gasteiger partial charge in [0, 0.05) is 28.6 Å². The molecule has 9 nitrogen and oxygen atoms in total. The molecule has 0 bridgehead atoms. The maximum atomic E-state index is 14.4. The zero-order valence-corrected chi connectivity index (χ0v) is 23.2. The number of aromatic nitrogens is 4. The van der Waals surface area contributed by atoms with Crippen LogP contribution in [0, 0.1) is 18.2 Å². The van der Waals surface area contributed by atoms with Gasteiger partial charge in [0.2, 0.25) is 0 Å². The Morgan fingerprint density at radius 2 is 1.77 bits per heavy atom. The minimum atomic E-state index is -4.09. The van der Waals surface area contributed by atoms with Gasteiger partial charge < -0.3 is 10.4 Å². The highest BCUT2D eigenvalue weighted by Crippen LogP contribution is 2.34. The van der Waals surface area contributed by atoms with Crippen LogP contribution in [-0.4, -0.2) is 44.5 Å². The van der Waals surface area contributed by atoms with Crippen LogP contribution < -0.4 is 5.32 Å². The van der Waals surface area contributed by atoms with Crippen molar-refractivity contribution in [3.63, 3.8) is 0 Å². The van der Waals surface area contributed by atoms with E-state index in [2.05, 4.69) is 15.3 Å². The number of benzene rings is 2. The third kappa shape index (κ3) is 5.12. The molecule has 5 aromatic rings. The molecule has 0 aliphatic heterocycles. The Bertz CT molecular complexity index is 1860. The van der Waals surface area contributed by atoms with Crippen LogP contribution in [0.1, 0.15) is 32.8 Å². The Labute approximate surface area is 230 Å².